The number of halogens is 1. The highest BCUT2D eigenvalue weighted by molar-refractivity contribution is 7.99. The lowest BCUT2D eigenvalue weighted by molar-refractivity contribution is 0.380. The van der Waals surface area contributed by atoms with Gasteiger partial charge in [-0.15, -0.1) is 0 Å². The van der Waals surface area contributed by atoms with E-state index in [0.717, 1.165) is 23.9 Å². The van der Waals surface area contributed by atoms with Gasteiger partial charge in [-0.2, -0.15) is 11.8 Å². The first-order valence-corrected chi connectivity index (χ1v) is 8.38. The van der Waals surface area contributed by atoms with E-state index in [-0.39, 0.29) is 0 Å². The molecule has 2 rings (SSSR count). The van der Waals surface area contributed by atoms with E-state index in [9.17, 15) is 0 Å². The van der Waals surface area contributed by atoms with E-state index in [4.69, 9.17) is 11.6 Å². The van der Waals surface area contributed by atoms with Gasteiger partial charge in [0.25, 0.3) is 0 Å². The number of hydrogen-bond acceptors (Lipinski definition) is 2. The molecule has 1 aromatic rings. The zero-order valence-corrected chi connectivity index (χ0v) is 12.6. The second-order valence-corrected chi connectivity index (χ2v) is 6.60. The van der Waals surface area contributed by atoms with Gasteiger partial charge in [0.05, 0.1) is 0 Å². The number of rotatable bonds is 6. The molecule has 0 bridgehead atoms. The van der Waals surface area contributed by atoms with Crippen LogP contribution in [0.4, 0.5) is 0 Å². The molecule has 1 fully saturated rings. The molecule has 18 heavy (non-hydrogen) atoms. The monoisotopic (exact) mass is 283 g/mol. The van der Waals surface area contributed by atoms with Crippen molar-refractivity contribution in [2.24, 2.45) is 5.92 Å². The number of thioether (sulfide) groups is 1. The van der Waals surface area contributed by atoms with E-state index in [1.807, 2.05) is 12.1 Å². The van der Waals surface area contributed by atoms with Crippen LogP contribution >= 0.6 is 23.4 Å². The highest BCUT2D eigenvalue weighted by atomic mass is 35.5. The van der Waals surface area contributed by atoms with Gasteiger partial charge in [0.2, 0.25) is 0 Å². The van der Waals surface area contributed by atoms with Crippen LogP contribution in [0.15, 0.2) is 24.3 Å². The molecule has 1 heterocycles. The van der Waals surface area contributed by atoms with Crippen LogP contribution in [0.2, 0.25) is 5.02 Å². The summed E-state index contributed by atoms with van der Waals surface area (Å²) in [4.78, 5) is 0. The molecule has 1 saturated heterocycles. The molecule has 3 heteroatoms. The van der Waals surface area contributed by atoms with Crippen molar-refractivity contribution in [2.45, 2.75) is 32.2 Å². The van der Waals surface area contributed by atoms with Crippen molar-refractivity contribution in [1.82, 2.24) is 5.32 Å². The lowest BCUT2D eigenvalue weighted by Gasteiger charge is -2.24. The Balaban J connectivity index is 1.97. The number of hydrogen-bond donors (Lipinski definition) is 1. The molecule has 0 amide bonds. The SMILES string of the molecule is CCCNC(Cc1ccc(Cl)cc1)C1CCSC1. The minimum absolute atomic E-state index is 0.626. The van der Waals surface area contributed by atoms with Crippen molar-refractivity contribution in [3.05, 3.63) is 34.9 Å². The standard InChI is InChI=1S/C15H22ClNS/c1-2-8-17-15(13-7-9-18-11-13)10-12-3-5-14(16)6-4-12/h3-6,13,15,17H,2,7-11H2,1H3. The molecule has 1 aliphatic heterocycles. The van der Waals surface area contributed by atoms with Crippen LogP contribution in [-0.2, 0) is 6.42 Å². The Labute approximate surface area is 120 Å². The molecule has 1 aromatic carbocycles. The van der Waals surface area contributed by atoms with Crippen LogP contribution < -0.4 is 5.32 Å². The lowest BCUT2D eigenvalue weighted by atomic mass is 9.93. The van der Waals surface area contributed by atoms with Crippen LogP contribution in [-0.4, -0.2) is 24.1 Å². The summed E-state index contributed by atoms with van der Waals surface area (Å²) in [5.41, 5.74) is 1.39. The largest absolute Gasteiger partial charge is 0.313 e. The van der Waals surface area contributed by atoms with Gasteiger partial charge in [-0.25, -0.2) is 0 Å². The molecular formula is C15H22ClNS. The van der Waals surface area contributed by atoms with E-state index >= 15 is 0 Å². The molecule has 0 radical (unpaired) electrons. The Kier molecular flexibility index (Phi) is 5.87. The van der Waals surface area contributed by atoms with Gasteiger partial charge in [0.15, 0.2) is 0 Å². The van der Waals surface area contributed by atoms with Crippen molar-refractivity contribution in [2.75, 3.05) is 18.1 Å². The smallest absolute Gasteiger partial charge is 0.0406 e. The van der Waals surface area contributed by atoms with Gasteiger partial charge >= 0.3 is 0 Å². The molecule has 2 atom stereocenters. The summed E-state index contributed by atoms with van der Waals surface area (Å²) < 4.78 is 0. The normalized spacial score (nSPS) is 21.1. The molecule has 0 aliphatic carbocycles. The number of benzene rings is 1. The van der Waals surface area contributed by atoms with E-state index in [1.54, 1.807) is 0 Å². The molecule has 2 unspecified atom stereocenters. The molecule has 1 nitrogen and oxygen atoms in total. The van der Waals surface area contributed by atoms with Crippen LogP contribution in [0.3, 0.4) is 0 Å². The highest BCUT2D eigenvalue weighted by Gasteiger charge is 2.24. The minimum Gasteiger partial charge on any atom is -0.313 e. The second kappa shape index (κ2) is 7.42. The van der Waals surface area contributed by atoms with Crippen LogP contribution in [0.5, 0.6) is 0 Å². The Hall–Kier alpha value is -0.180. The average molecular weight is 284 g/mol. The first-order chi connectivity index (χ1) is 8.79. The molecule has 0 saturated carbocycles. The maximum absolute atomic E-state index is 5.94. The predicted molar refractivity (Wildman–Crippen MR) is 82.7 cm³/mol. The number of nitrogens with one attached hydrogen (secondary N) is 1. The van der Waals surface area contributed by atoms with E-state index in [0.29, 0.717) is 6.04 Å². The third-order valence-electron chi connectivity index (χ3n) is 3.56. The fraction of sp³-hybridized carbons (Fsp3) is 0.600. The summed E-state index contributed by atoms with van der Waals surface area (Å²) in [6.07, 6.45) is 3.69. The maximum Gasteiger partial charge on any atom is 0.0406 e. The first-order valence-electron chi connectivity index (χ1n) is 6.85. The Morgan fingerprint density at radius 3 is 2.78 bits per heavy atom. The minimum atomic E-state index is 0.626. The fourth-order valence-corrected chi connectivity index (χ4v) is 3.94. The Bertz CT molecular complexity index is 346. The highest BCUT2D eigenvalue weighted by Crippen LogP contribution is 2.28. The zero-order chi connectivity index (χ0) is 12.8. The third-order valence-corrected chi connectivity index (χ3v) is 5.00. The van der Waals surface area contributed by atoms with Gasteiger partial charge in [-0.05, 0) is 60.9 Å². The van der Waals surface area contributed by atoms with Gasteiger partial charge in [-0.3, -0.25) is 0 Å². The van der Waals surface area contributed by atoms with Crippen LogP contribution in [0.25, 0.3) is 0 Å². The predicted octanol–water partition coefficient (Wildman–Crippen LogP) is 4.00. The van der Waals surface area contributed by atoms with Crippen LogP contribution in [0, 0.1) is 5.92 Å². The van der Waals surface area contributed by atoms with Gasteiger partial charge in [-0.1, -0.05) is 30.7 Å². The molecule has 1 N–H and O–H groups in total. The van der Waals surface area contributed by atoms with Crippen molar-refractivity contribution >= 4 is 23.4 Å². The summed E-state index contributed by atoms with van der Waals surface area (Å²) >= 11 is 8.04. The van der Waals surface area contributed by atoms with Gasteiger partial charge in [0, 0.05) is 11.1 Å². The molecule has 0 spiro atoms. The van der Waals surface area contributed by atoms with Crippen molar-refractivity contribution < 1.29 is 0 Å². The Morgan fingerprint density at radius 2 is 2.17 bits per heavy atom. The van der Waals surface area contributed by atoms with E-state index in [2.05, 4.69) is 36.1 Å². The zero-order valence-electron chi connectivity index (χ0n) is 11.0. The molecule has 0 aromatic heterocycles. The molecule has 1 aliphatic rings. The van der Waals surface area contributed by atoms with Crippen molar-refractivity contribution in [3.63, 3.8) is 0 Å². The van der Waals surface area contributed by atoms with Crippen molar-refractivity contribution in [1.29, 1.82) is 0 Å². The average Bonchev–Trinajstić information content (AvgIpc) is 2.90. The third kappa shape index (κ3) is 4.18. The summed E-state index contributed by atoms with van der Waals surface area (Å²) in [5, 5.41) is 4.56. The quantitative estimate of drug-likeness (QED) is 0.847. The lowest BCUT2D eigenvalue weighted by Crippen LogP contribution is -2.38. The molecule has 100 valence electrons. The van der Waals surface area contributed by atoms with Crippen LogP contribution in [0.1, 0.15) is 25.3 Å². The first kappa shape index (κ1) is 14.2. The second-order valence-electron chi connectivity index (χ2n) is 5.01. The summed E-state index contributed by atoms with van der Waals surface area (Å²) in [7, 11) is 0. The van der Waals surface area contributed by atoms with Gasteiger partial charge in [0.1, 0.15) is 0 Å². The summed E-state index contributed by atoms with van der Waals surface area (Å²) in [5.74, 6) is 3.47. The van der Waals surface area contributed by atoms with Gasteiger partial charge < -0.3 is 5.32 Å². The summed E-state index contributed by atoms with van der Waals surface area (Å²) in [6.45, 7) is 3.36. The van der Waals surface area contributed by atoms with E-state index in [1.165, 1.54) is 29.9 Å². The topological polar surface area (TPSA) is 12.0 Å². The fourth-order valence-electron chi connectivity index (χ4n) is 2.48. The summed E-state index contributed by atoms with van der Waals surface area (Å²) in [6, 6.07) is 8.94. The molecular weight excluding hydrogens is 262 g/mol. The Morgan fingerprint density at radius 1 is 1.39 bits per heavy atom. The maximum atomic E-state index is 5.94. The van der Waals surface area contributed by atoms with E-state index < -0.39 is 0 Å². The van der Waals surface area contributed by atoms with Crippen molar-refractivity contribution in [3.8, 4) is 0 Å².